The number of amides is 1. The maximum Gasteiger partial charge on any atom is 0.410 e. The van der Waals surface area contributed by atoms with Crippen LogP contribution < -0.4 is 4.90 Å². The van der Waals surface area contributed by atoms with Gasteiger partial charge in [-0.3, -0.25) is 9.79 Å². The fraction of sp³-hybridized carbons (Fsp3) is 0.500. The van der Waals surface area contributed by atoms with E-state index in [1.165, 1.54) is 0 Å². The van der Waals surface area contributed by atoms with E-state index < -0.39 is 19.1 Å². The van der Waals surface area contributed by atoms with E-state index in [1.807, 2.05) is 20.8 Å². The molecule has 0 bridgehead atoms. The van der Waals surface area contributed by atoms with Crippen molar-refractivity contribution in [1.82, 2.24) is 4.90 Å². The van der Waals surface area contributed by atoms with E-state index in [9.17, 15) is 9.59 Å². The van der Waals surface area contributed by atoms with Gasteiger partial charge in [0.15, 0.2) is 5.78 Å². The first kappa shape index (κ1) is 29.1. The van der Waals surface area contributed by atoms with Gasteiger partial charge in [0.25, 0.3) is 0 Å². The van der Waals surface area contributed by atoms with Crippen molar-refractivity contribution >= 4 is 31.3 Å². The lowest BCUT2D eigenvalue weighted by molar-refractivity contribution is 0.0240. The molecule has 1 amide bonds. The second kappa shape index (κ2) is 10.2. The highest BCUT2D eigenvalue weighted by atomic mass is 28.3. The lowest BCUT2D eigenvalue weighted by Gasteiger charge is -2.39. The Morgan fingerprint density at radius 1 is 1.12 bits per heavy atom. The number of carbonyl (C=O) groups is 2. The van der Waals surface area contributed by atoms with Crippen molar-refractivity contribution in [2.45, 2.75) is 85.0 Å². The Morgan fingerprint density at radius 2 is 1.80 bits per heavy atom. The Morgan fingerprint density at radius 3 is 2.41 bits per heavy atom. The number of aliphatic imine (C=N–C) groups is 1. The largest absolute Gasteiger partial charge is 0.444 e. The molecule has 216 valence electrons. The summed E-state index contributed by atoms with van der Waals surface area (Å²) < 4.78 is 5.59. The summed E-state index contributed by atoms with van der Waals surface area (Å²) in [6, 6.07) is 4.34. The van der Waals surface area contributed by atoms with Crippen molar-refractivity contribution in [2.75, 3.05) is 31.1 Å². The van der Waals surface area contributed by atoms with E-state index in [0.29, 0.717) is 19.5 Å². The predicted molar refractivity (Wildman–Crippen MR) is 170 cm³/mol. The summed E-state index contributed by atoms with van der Waals surface area (Å²) >= 11 is 0. The number of aryl methyl sites for hydroxylation is 1. The standard InChI is InChI=1S/C34H43N3O3Si/c1-10-23-20-25-26(21-28(23)36-14-16-37(17-15-36)32(39)40-33(2,3)4)34(5,6)31-29(30(25)38)24-12-11-22(19-27(24)35-31)13-18-41(7,8)9/h11,19-21H,10,12,14-17H2,1-9H3. The number of fused-ring (bicyclic) bond motifs is 3. The molecule has 2 heterocycles. The number of ketones is 1. The third-order valence-corrected chi connectivity index (χ3v) is 8.96. The van der Waals surface area contributed by atoms with Crippen LogP contribution >= 0.6 is 0 Å². The zero-order valence-corrected chi connectivity index (χ0v) is 27.1. The topological polar surface area (TPSA) is 62.2 Å². The van der Waals surface area contributed by atoms with Gasteiger partial charge in [-0.05, 0) is 68.5 Å². The Balaban J connectivity index is 1.47. The summed E-state index contributed by atoms with van der Waals surface area (Å²) in [6.07, 6.45) is 5.45. The van der Waals surface area contributed by atoms with Gasteiger partial charge in [-0.1, -0.05) is 52.4 Å². The number of carbonyl (C=O) groups excluding carboxylic acids is 2. The minimum atomic E-state index is -1.49. The highest BCUT2D eigenvalue weighted by Crippen LogP contribution is 2.47. The third-order valence-electron chi connectivity index (χ3n) is 8.09. The highest BCUT2D eigenvalue weighted by Gasteiger charge is 2.46. The van der Waals surface area contributed by atoms with Crippen LogP contribution in [0.2, 0.25) is 19.6 Å². The van der Waals surface area contributed by atoms with Crippen LogP contribution in [0.15, 0.2) is 51.7 Å². The molecule has 0 atom stereocenters. The van der Waals surface area contributed by atoms with Crippen LogP contribution in [0.5, 0.6) is 0 Å². The molecule has 6 nitrogen and oxygen atoms in total. The molecule has 0 spiro atoms. The molecule has 1 aromatic carbocycles. The minimum Gasteiger partial charge on any atom is -0.444 e. The maximum absolute atomic E-state index is 14.1. The number of hydrogen-bond acceptors (Lipinski definition) is 5. The predicted octanol–water partition coefficient (Wildman–Crippen LogP) is 6.63. The number of Topliss-reactive ketones (excluding diaryl/α,β-unsaturated/α-hetero) is 1. The second-order valence-electron chi connectivity index (χ2n) is 14.0. The molecular formula is C34H43N3O3Si. The smallest absolute Gasteiger partial charge is 0.410 e. The van der Waals surface area contributed by atoms with Crippen molar-refractivity contribution in [3.05, 3.63) is 63.4 Å². The number of nitrogens with zero attached hydrogens (tertiary/aromatic N) is 3. The van der Waals surface area contributed by atoms with Gasteiger partial charge < -0.3 is 14.5 Å². The molecule has 0 unspecified atom stereocenters. The van der Waals surface area contributed by atoms with E-state index >= 15 is 0 Å². The number of piperazine rings is 1. The SMILES string of the molecule is CCc1cc2c(cc1N1CCN(C(=O)OC(C)(C)C)CC1)C(C)(C)C1=NC3=CC(C#C[Si](C)(C)C)=CCC3=C1C2=O. The van der Waals surface area contributed by atoms with Crippen molar-refractivity contribution in [2.24, 2.45) is 4.99 Å². The number of benzene rings is 1. The lowest BCUT2D eigenvalue weighted by atomic mass is 9.67. The Hall–Kier alpha value is -3.37. The normalized spacial score (nSPS) is 19.8. The lowest BCUT2D eigenvalue weighted by Crippen LogP contribution is -2.50. The van der Waals surface area contributed by atoms with Gasteiger partial charge in [-0.15, -0.1) is 5.54 Å². The summed E-state index contributed by atoms with van der Waals surface area (Å²) in [7, 11) is -1.49. The first-order valence-electron chi connectivity index (χ1n) is 14.8. The Labute approximate surface area is 246 Å². The molecule has 1 aromatic rings. The summed E-state index contributed by atoms with van der Waals surface area (Å²) in [5.41, 5.74) is 11.2. The molecule has 1 fully saturated rings. The molecule has 0 N–H and O–H groups in total. The van der Waals surface area contributed by atoms with E-state index in [4.69, 9.17) is 9.73 Å². The zero-order chi connectivity index (χ0) is 29.9. The number of hydrogen-bond donors (Lipinski definition) is 0. The van der Waals surface area contributed by atoms with Crippen molar-refractivity contribution in [1.29, 1.82) is 0 Å². The van der Waals surface area contributed by atoms with Gasteiger partial charge in [0.2, 0.25) is 0 Å². The second-order valence-corrected chi connectivity index (χ2v) is 18.7. The molecule has 7 heteroatoms. The van der Waals surface area contributed by atoms with E-state index in [2.05, 4.69) is 81.1 Å². The van der Waals surface area contributed by atoms with Crippen LogP contribution in [-0.2, 0) is 16.6 Å². The number of anilines is 1. The molecule has 1 saturated heterocycles. The van der Waals surface area contributed by atoms with Crippen molar-refractivity contribution in [3.8, 4) is 11.5 Å². The number of rotatable bonds is 2. The first-order valence-corrected chi connectivity index (χ1v) is 18.3. The molecule has 0 saturated carbocycles. The average Bonchev–Trinajstić information content (AvgIpc) is 3.29. The van der Waals surface area contributed by atoms with E-state index in [0.717, 1.165) is 70.0 Å². The average molecular weight is 570 g/mol. The molecule has 41 heavy (non-hydrogen) atoms. The van der Waals surface area contributed by atoms with Crippen LogP contribution in [0.1, 0.15) is 69.4 Å². The van der Waals surface area contributed by atoms with Crippen LogP contribution in [0, 0.1) is 11.5 Å². The number of allylic oxidation sites excluding steroid dienone is 5. The molecule has 2 aliphatic carbocycles. The first-order chi connectivity index (χ1) is 19.1. The van der Waals surface area contributed by atoms with Gasteiger partial charge in [0.05, 0.1) is 17.0 Å². The van der Waals surface area contributed by atoms with Crippen LogP contribution in [0.3, 0.4) is 0 Å². The van der Waals surface area contributed by atoms with Crippen LogP contribution in [0.4, 0.5) is 10.5 Å². The van der Waals surface area contributed by atoms with Gasteiger partial charge >= 0.3 is 6.09 Å². The van der Waals surface area contributed by atoms with Crippen molar-refractivity contribution in [3.63, 3.8) is 0 Å². The summed E-state index contributed by atoms with van der Waals surface area (Å²) in [4.78, 5) is 35.9. The molecule has 4 aliphatic rings. The van der Waals surface area contributed by atoms with E-state index in [1.54, 1.807) is 4.90 Å². The summed E-state index contributed by atoms with van der Waals surface area (Å²) in [5.74, 6) is 3.45. The van der Waals surface area contributed by atoms with E-state index in [-0.39, 0.29) is 11.9 Å². The molecule has 0 aromatic heterocycles. The summed E-state index contributed by atoms with van der Waals surface area (Å²) in [5, 5.41) is 0. The van der Waals surface area contributed by atoms with Crippen LogP contribution in [0.25, 0.3) is 0 Å². The van der Waals surface area contributed by atoms with Gasteiger partial charge in [0, 0.05) is 48.4 Å². The monoisotopic (exact) mass is 569 g/mol. The molecule has 2 aliphatic heterocycles. The summed E-state index contributed by atoms with van der Waals surface area (Å²) in [6.45, 7) is 21.6. The fourth-order valence-corrected chi connectivity index (χ4v) is 6.46. The van der Waals surface area contributed by atoms with Crippen molar-refractivity contribution < 1.29 is 14.3 Å². The van der Waals surface area contributed by atoms with Gasteiger partial charge in [-0.25, -0.2) is 4.79 Å². The highest BCUT2D eigenvalue weighted by molar-refractivity contribution is 6.83. The Kier molecular flexibility index (Phi) is 7.22. The Bertz CT molecular complexity index is 1510. The zero-order valence-electron chi connectivity index (χ0n) is 26.1. The van der Waals surface area contributed by atoms with Gasteiger partial charge in [0.1, 0.15) is 13.7 Å². The fourth-order valence-electron chi connectivity index (χ4n) is 5.94. The molecule has 5 rings (SSSR count). The molecular weight excluding hydrogens is 526 g/mol. The van der Waals surface area contributed by atoms with Gasteiger partial charge in [-0.2, -0.15) is 0 Å². The molecule has 0 radical (unpaired) electrons. The number of ether oxygens (including phenoxy) is 1. The maximum atomic E-state index is 14.1. The quantitative estimate of drug-likeness (QED) is 0.296. The third kappa shape index (κ3) is 5.59. The van der Waals surface area contributed by atoms with Crippen LogP contribution in [-0.4, -0.2) is 62.3 Å². The minimum absolute atomic E-state index is 0.0810.